The van der Waals surface area contributed by atoms with Crippen LogP contribution < -0.4 is 0 Å². The number of aryl methyl sites for hydroxylation is 1. The lowest BCUT2D eigenvalue weighted by molar-refractivity contribution is 0.180. The van der Waals surface area contributed by atoms with Crippen molar-refractivity contribution in [1.29, 1.82) is 0 Å². The van der Waals surface area contributed by atoms with E-state index in [0.29, 0.717) is 6.42 Å². The van der Waals surface area contributed by atoms with Crippen LogP contribution in [0.4, 0.5) is 0 Å². The van der Waals surface area contributed by atoms with Crippen LogP contribution in [0.3, 0.4) is 0 Å². The van der Waals surface area contributed by atoms with Crippen LogP contribution in [0.1, 0.15) is 29.2 Å². The highest BCUT2D eigenvalue weighted by atomic mass is 32.1. The normalized spacial score (nSPS) is 12.6. The molecule has 2 heterocycles. The molecular formula is C13H15NOS. The lowest BCUT2D eigenvalue weighted by Gasteiger charge is -2.10. The molecule has 0 amide bonds. The number of aliphatic hydroxyl groups excluding tert-OH is 1. The maximum Gasteiger partial charge on any atom is 0.0939 e. The second-order valence-electron chi connectivity index (χ2n) is 3.70. The zero-order valence-corrected chi connectivity index (χ0v) is 10.1. The molecule has 0 saturated carbocycles. The van der Waals surface area contributed by atoms with E-state index in [4.69, 9.17) is 0 Å². The van der Waals surface area contributed by atoms with E-state index in [1.165, 1.54) is 5.56 Å². The Balaban J connectivity index is 2.11. The van der Waals surface area contributed by atoms with Crippen LogP contribution in [0.15, 0.2) is 35.8 Å². The molecule has 0 fully saturated rings. The molecule has 3 heteroatoms. The largest absolute Gasteiger partial charge is 0.387 e. The number of thiophene rings is 1. The second-order valence-corrected chi connectivity index (χ2v) is 4.65. The number of rotatable bonds is 4. The molecule has 2 aromatic rings. The molecule has 2 aromatic heterocycles. The Labute approximate surface area is 99.6 Å². The van der Waals surface area contributed by atoms with Gasteiger partial charge in [0.15, 0.2) is 0 Å². The van der Waals surface area contributed by atoms with Crippen molar-refractivity contribution >= 4 is 11.3 Å². The summed E-state index contributed by atoms with van der Waals surface area (Å²) in [5, 5.41) is 12.2. The van der Waals surface area contributed by atoms with Crippen LogP contribution in [0, 0.1) is 0 Å². The first-order valence-electron chi connectivity index (χ1n) is 5.45. The van der Waals surface area contributed by atoms with Gasteiger partial charge in [0.25, 0.3) is 0 Å². The zero-order valence-electron chi connectivity index (χ0n) is 9.26. The Morgan fingerprint density at radius 1 is 1.38 bits per heavy atom. The van der Waals surface area contributed by atoms with E-state index < -0.39 is 6.10 Å². The van der Waals surface area contributed by atoms with Crippen molar-refractivity contribution < 1.29 is 5.11 Å². The first-order chi connectivity index (χ1) is 7.81. The highest BCUT2D eigenvalue weighted by Crippen LogP contribution is 2.27. The van der Waals surface area contributed by atoms with Crippen molar-refractivity contribution in [3.63, 3.8) is 0 Å². The Morgan fingerprint density at radius 2 is 2.25 bits per heavy atom. The van der Waals surface area contributed by atoms with Gasteiger partial charge < -0.3 is 5.11 Å². The lowest BCUT2D eigenvalue weighted by Crippen LogP contribution is -2.03. The molecule has 0 radical (unpaired) electrons. The first-order valence-corrected chi connectivity index (χ1v) is 6.33. The Bertz CT molecular complexity index is 438. The van der Waals surface area contributed by atoms with Crippen LogP contribution in [-0.4, -0.2) is 10.1 Å². The summed E-state index contributed by atoms with van der Waals surface area (Å²) in [5.41, 5.74) is 2.18. The van der Waals surface area contributed by atoms with E-state index in [2.05, 4.69) is 18.0 Å². The average molecular weight is 233 g/mol. The van der Waals surface area contributed by atoms with Gasteiger partial charge in [-0.25, -0.2) is 0 Å². The summed E-state index contributed by atoms with van der Waals surface area (Å²) in [6, 6.07) is 7.87. The average Bonchev–Trinajstić information content (AvgIpc) is 2.78. The predicted octanol–water partition coefficient (Wildman–Crippen LogP) is 2.98. The number of aromatic nitrogens is 1. The summed E-state index contributed by atoms with van der Waals surface area (Å²) < 4.78 is 0. The maximum absolute atomic E-state index is 10.1. The van der Waals surface area contributed by atoms with Gasteiger partial charge in [-0.05, 0) is 35.6 Å². The molecule has 2 nitrogen and oxygen atoms in total. The minimum Gasteiger partial charge on any atom is -0.387 e. The van der Waals surface area contributed by atoms with E-state index in [0.717, 1.165) is 17.0 Å². The first kappa shape index (κ1) is 11.3. The number of hydrogen-bond donors (Lipinski definition) is 1. The molecule has 0 spiro atoms. The highest BCUT2D eigenvalue weighted by Gasteiger charge is 2.14. The number of aliphatic hydroxyl groups is 1. The third kappa shape index (κ3) is 2.49. The van der Waals surface area contributed by atoms with Gasteiger partial charge in [0, 0.05) is 23.2 Å². The van der Waals surface area contributed by atoms with E-state index in [1.807, 2.05) is 23.6 Å². The third-order valence-electron chi connectivity index (χ3n) is 2.59. The molecule has 0 bridgehead atoms. The van der Waals surface area contributed by atoms with Crippen molar-refractivity contribution in [1.82, 2.24) is 4.98 Å². The Kier molecular flexibility index (Phi) is 3.70. The second kappa shape index (κ2) is 5.23. The quantitative estimate of drug-likeness (QED) is 0.880. The van der Waals surface area contributed by atoms with Gasteiger partial charge in [-0.15, -0.1) is 11.3 Å². The van der Waals surface area contributed by atoms with Gasteiger partial charge in [0.2, 0.25) is 0 Å². The fourth-order valence-electron chi connectivity index (χ4n) is 1.74. The van der Waals surface area contributed by atoms with Crippen molar-refractivity contribution in [3.8, 4) is 0 Å². The van der Waals surface area contributed by atoms with Crippen LogP contribution in [0.5, 0.6) is 0 Å². The summed E-state index contributed by atoms with van der Waals surface area (Å²) in [4.78, 5) is 5.31. The summed E-state index contributed by atoms with van der Waals surface area (Å²) in [6.45, 7) is 2.11. The van der Waals surface area contributed by atoms with E-state index >= 15 is 0 Å². The molecule has 1 atom stereocenters. The predicted molar refractivity (Wildman–Crippen MR) is 66.6 cm³/mol. The van der Waals surface area contributed by atoms with E-state index in [1.54, 1.807) is 17.5 Å². The van der Waals surface area contributed by atoms with Gasteiger partial charge in [-0.3, -0.25) is 4.98 Å². The molecular weight excluding hydrogens is 218 g/mol. The zero-order chi connectivity index (χ0) is 11.4. The lowest BCUT2D eigenvalue weighted by atomic mass is 10.1. The maximum atomic E-state index is 10.1. The minimum absolute atomic E-state index is 0.426. The van der Waals surface area contributed by atoms with Crippen molar-refractivity contribution in [2.24, 2.45) is 0 Å². The summed E-state index contributed by atoms with van der Waals surface area (Å²) in [5.74, 6) is 0. The molecule has 0 aliphatic heterocycles. The molecule has 0 aliphatic rings. The number of pyridine rings is 1. The van der Waals surface area contributed by atoms with Gasteiger partial charge in [-0.1, -0.05) is 13.0 Å². The molecule has 0 saturated heterocycles. The number of nitrogens with zero attached hydrogens (tertiary/aromatic N) is 1. The van der Waals surface area contributed by atoms with Crippen LogP contribution in [0.2, 0.25) is 0 Å². The van der Waals surface area contributed by atoms with Crippen molar-refractivity contribution in [2.45, 2.75) is 25.9 Å². The van der Waals surface area contributed by atoms with E-state index in [-0.39, 0.29) is 0 Å². The minimum atomic E-state index is -0.426. The van der Waals surface area contributed by atoms with Crippen molar-refractivity contribution in [3.05, 3.63) is 52.0 Å². The van der Waals surface area contributed by atoms with Gasteiger partial charge in [0.1, 0.15) is 0 Å². The summed E-state index contributed by atoms with van der Waals surface area (Å²) in [7, 11) is 0. The highest BCUT2D eigenvalue weighted by molar-refractivity contribution is 7.10. The summed E-state index contributed by atoms with van der Waals surface area (Å²) in [6.07, 6.45) is 2.90. The van der Waals surface area contributed by atoms with Gasteiger partial charge >= 0.3 is 0 Å². The monoisotopic (exact) mass is 233 g/mol. The fraction of sp³-hybridized carbons (Fsp3) is 0.308. The van der Waals surface area contributed by atoms with Crippen LogP contribution >= 0.6 is 11.3 Å². The molecule has 84 valence electrons. The van der Waals surface area contributed by atoms with Crippen LogP contribution in [0.25, 0.3) is 0 Å². The molecule has 1 N–H and O–H groups in total. The van der Waals surface area contributed by atoms with E-state index in [9.17, 15) is 5.11 Å². The molecule has 1 unspecified atom stereocenters. The van der Waals surface area contributed by atoms with Gasteiger partial charge in [-0.2, -0.15) is 0 Å². The topological polar surface area (TPSA) is 33.1 Å². The van der Waals surface area contributed by atoms with Crippen LogP contribution in [-0.2, 0) is 12.8 Å². The number of hydrogen-bond acceptors (Lipinski definition) is 3. The standard InChI is InChI=1S/C13H15NOS/c1-2-10-6-8-16-13(10)12(15)9-11-5-3-4-7-14-11/h3-8,12,15H,2,9H2,1H3. The Morgan fingerprint density at radius 3 is 2.94 bits per heavy atom. The SMILES string of the molecule is CCc1ccsc1C(O)Cc1ccccn1. The van der Waals surface area contributed by atoms with Crippen molar-refractivity contribution in [2.75, 3.05) is 0 Å². The molecule has 0 aliphatic carbocycles. The smallest absolute Gasteiger partial charge is 0.0939 e. The Hall–Kier alpha value is -1.19. The summed E-state index contributed by atoms with van der Waals surface area (Å²) >= 11 is 1.62. The fourth-order valence-corrected chi connectivity index (χ4v) is 2.72. The van der Waals surface area contributed by atoms with Gasteiger partial charge in [0.05, 0.1) is 6.10 Å². The third-order valence-corrected chi connectivity index (χ3v) is 3.65. The molecule has 16 heavy (non-hydrogen) atoms. The molecule has 0 aromatic carbocycles. The molecule has 2 rings (SSSR count).